The van der Waals surface area contributed by atoms with Gasteiger partial charge in [0.1, 0.15) is 6.61 Å². The van der Waals surface area contributed by atoms with Crippen LogP contribution in [0.15, 0.2) is 41.7 Å². The second kappa shape index (κ2) is 10.1. The molecule has 0 radical (unpaired) electrons. The molecule has 0 saturated carbocycles. The highest BCUT2D eigenvalue weighted by Gasteiger charge is 2.19. The molecule has 2 saturated heterocycles. The molecule has 1 aromatic heterocycles. The van der Waals surface area contributed by atoms with Crippen LogP contribution in [0.4, 0.5) is 22.1 Å². The average molecular weight is 441 g/mol. The molecule has 3 heterocycles. The summed E-state index contributed by atoms with van der Waals surface area (Å²) in [5.41, 5.74) is 13.3. The highest BCUT2D eigenvalue weighted by Crippen LogP contribution is 2.22. The highest BCUT2D eigenvalue weighted by atomic mass is 16.5. The number of hydrogen-bond acceptors (Lipinski definition) is 8. The van der Waals surface area contributed by atoms with Crippen molar-refractivity contribution in [2.45, 2.75) is 6.61 Å². The van der Waals surface area contributed by atoms with E-state index in [0.717, 1.165) is 62.2 Å². The number of morpholine rings is 1. The molecule has 11 heteroatoms. The Hall–Kier alpha value is -3.60. The SMILES string of the molecule is NC(N)=NC(=O)OCc1cccc(N2CCN(c3cnc(N4CCOCC4)nc3)CC2)c1. The third-order valence-corrected chi connectivity index (χ3v) is 5.42. The Labute approximate surface area is 186 Å². The number of anilines is 3. The molecule has 2 aliphatic heterocycles. The molecular formula is C21H28N8O3. The Morgan fingerprint density at radius 1 is 0.969 bits per heavy atom. The van der Waals surface area contributed by atoms with E-state index in [1.165, 1.54) is 0 Å². The second-order valence-corrected chi connectivity index (χ2v) is 7.58. The number of aliphatic imine (C=N–C) groups is 1. The molecule has 1 amide bonds. The quantitative estimate of drug-likeness (QED) is 0.501. The van der Waals surface area contributed by atoms with Crippen LogP contribution in [-0.2, 0) is 16.1 Å². The number of amides is 1. The molecule has 0 bridgehead atoms. The molecule has 11 nitrogen and oxygen atoms in total. The van der Waals surface area contributed by atoms with Gasteiger partial charge in [0.25, 0.3) is 0 Å². The summed E-state index contributed by atoms with van der Waals surface area (Å²) >= 11 is 0. The third-order valence-electron chi connectivity index (χ3n) is 5.42. The van der Waals surface area contributed by atoms with Crippen molar-refractivity contribution in [3.05, 3.63) is 42.2 Å². The van der Waals surface area contributed by atoms with Crippen LogP contribution in [-0.4, -0.2) is 74.5 Å². The number of nitrogens with zero attached hydrogens (tertiary/aromatic N) is 6. The molecule has 0 atom stereocenters. The Bertz CT molecular complexity index is 934. The summed E-state index contributed by atoms with van der Waals surface area (Å²) in [5.74, 6) is 0.441. The maximum absolute atomic E-state index is 11.5. The normalized spacial score (nSPS) is 16.6. The van der Waals surface area contributed by atoms with Crippen molar-refractivity contribution in [2.24, 2.45) is 16.5 Å². The number of nitrogens with two attached hydrogens (primary N) is 2. The Balaban J connectivity index is 1.30. The summed E-state index contributed by atoms with van der Waals surface area (Å²) in [7, 11) is 0. The fourth-order valence-electron chi connectivity index (χ4n) is 3.75. The number of guanidine groups is 1. The van der Waals surface area contributed by atoms with Crippen molar-refractivity contribution in [3.63, 3.8) is 0 Å². The minimum absolute atomic E-state index is 0.107. The van der Waals surface area contributed by atoms with E-state index in [2.05, 4.69) is 35.7 Å². The summed E-state index contributed by atoms with van der Waals surface area (Å²) in [6.45, 7) is 6.64. The van der Waals surface area contributed by atoms with Crippen molar-refractivity contribution in [2.75, 3.05) is 67.2 Å². The first-order valence-electron chi connectivity index (χ1n) is 10.6. The second-order valence-electron chi connectivity index (χ2n) is 7.58. The maximum Gasteiger partial charge on any atom is 0.437 e. The van der Waals surface area contributed by atoms with Gasteiger partial charge in [0.2, 0.25) is 5.95 Å². The summed E-state index contributed by atoms with van der Waals surface area (Å²) in [6.07, 6.45) is 3.00. The lowest BCUT2D eigenvalue weighted by Crippen LogP contribution is -2.46. The number of benzene rings is 1. The van der Waals surface area contributed by atoms with Crippen molar-refractivity contribution < 1.29 is 14.3 Å². The molecule has 4 N–H and O–H groups in total. The lowest BCUT2D eigenvalue weighted by atomic mass is 10.1. The number of ether oxygens (including phenoxy) is 2. The Kier molecular flexibility index (Phi) is 6.85. The number of hydrogen-bond donors (Lipinski definition) is 2. The number of carbonyl (C=O) groups excluding carboxylic acids is 1. The van der Waals surface area contributed by atoms with Gasteiger partial charge in [-0.25, -0.2) is 14.8 Å². The van der Waals surface area contributed by atoms with Crippen LogP contribution in [0.1, 0.15) is 5.56 Å². The molecular weight excluding hydrogens is 412 g/mol. The summed E-state index contributed by atoms with van der Waals surface area (Å²) in [4.78, 5) is 30.7. The van der Waals surface area contributed by atoms with Crippen molar-refractivity contribution in [1.29, 1.82) is 0 Å². The lowest BCUT2D eigenvalue weighted by Gasteiger charge is -2.37. The van der Waals surface area contributed by atoms with E-state index in [4.69, 9.17) is 20.9 Å². The van der Waals surface area contributed by atoms with Crippen LogP contribution in [0.2, 0.25) is 0 Å². The van der Waals surface area contributed by atoms with Gasteiger partial charge in [-0.15, -0.1) is 4.99 Å². The standard InChI is InChI=1S/C21H28N8O3/c22-19(23)26-21(30)32-15-16-2-1-3-17(12-16)27-4-6-28(7-5-27)18-13-24-20(25-14-18)29-8-10-31-11-9-29/h1-3,12-14H,4-11,15H2,(H4,22,23,26,30). The zero-order valence-corrected chi connectivity index (χ0v) is 17.9. The average Bonchev–Trinajstić information content (AvgIpc) is 2.83. The van der Waals surface area contributed by atoms with E-state index in [-0.39, 0.29) is 12.6 Å². The minimum atomic E-state index is -0.800. The van der Waals surface area contributed by atoms with Crippen molar-refractivity contribution in [1.82, 2.24) is 9.97 Å². The van der Waals surface area contributed by atoms with Gasteiger partial charge in [0.05, 0.1) is 31.3 Å². The van der Waals surface area contributed by atoms with Crippen LogP contribution < -0.4 is 26.2 Å². The van der Waals surface area contributed by atoms with Crippen molar-refractivity contribution in [3.8, 4) is 0 Å². The summed E-state index contributed by atoms with van der Waals surface area (Å²) < 4.78 is 10.5. The molecule has 0 unspecified atom stereocenters. The predicted octanol–water partition coefficient (Wildman–Crippen LogP) is 0.550. The lowest BCUT2D eigenvalue weighted by molar-refractivity contribution is 0.122. The molecule has 0 aliphatic carbocycles. The van der Waals surface area contributed by atoms with Crippen LogP contribution in [0, 0.1) is 0 Å². The fourth-order valence-corrected chi connectivity index (χ4v) is 3.75. The third kappa shape index (κ3) is 5.55. The molecule has 0 spiro atoms. The van der Waals surface area contributed by atoms with Gasteiger partial charge in [-0.05, 0) is 17.7 Å². The van der Waals surface area contributed by atoms with Crippen LogP contribution in [0.3, 0.4) is 0 Å². The number of carbonyl (C=O) groups is 1. The van der Waals surface area contributed by atoms with Crippen LogP contribution in [0.5, 0.6) is 0 Å². The summed E-state index contributed by atoms with van der Waals surface area (Å²) in [5, 5.41) is 0. The number of aromatic nitrogens is 2. The van der Waals surface area contributed by atoms with Crippen LogP contribution in [0.25, 0.3) is 0 Å². The predicted molar refractivity (Wildman–Crippen MR) is 122 cm³/mol. The van der Waals surface area contributed by atoms with E-state index < -0.39 is 6.09 Å². The largest absolute Gasteiger partial charge is 0.443 e. The van der Waals surface area contributed by atoms with E-state index in [1.807, 2.05) is 30.6 Å². The zero-order valence-electron chi connectivity index (χ0n) is 17.9. The van der Waals surface area contributed by atoms with Gasteiger partial charge in [-0.1, -0.05) is 12.1 Å². The van der Waals surface area contributed by atoms with Gasteiger partial charge in [0, 0.05) is 45.0 Å². The topological polar surface area (TPSA) is 135 Å². The Morgan fingerprint density at radius 2 is 1.62 bits per heavy atom. The molecule has 2 fully saturated rings. The molecule has 32 heavy (non-hydrogen) atoms. The molecule has 1 aromatic carbocycles. The van der Waals surface area contributed by atoms with E-state index >= 15 is 0 Å². The first kappa shape index (κ1) is 21.6. The first-order valence-corrected chi connectivity index (χ1v) is 10.6. The summed E-state index contributed by atoms with van der Waals surface area (Å²) in [6, 6.07) is 7.91. The van der Waals surface area contributed by atoms with E-state index in [9.17, 15) is 4.79 Å². The highest BCUT2D eigenvalue weighted by molar-refractivity contribution is 5.87. The molecule has 170 valence electrons. The van der Waals surface area contributed by atoms with Gasteiger partial charge >= 0.3 is 6.09 Å². The minimum Gasteiger partial charge on any atom is -0.443 e. The van der Waals surface area contributed by atoms with Gasteiger partial charge in [-0.2, -0.15) is 0 Å². The van der Waals surface area contributed by atoms with Gasteiger partial charge in [0.15, 0.2) is 5.96 Å². The number of piperazine rings is 1. The molecule has 4 rings (SSSR count). The monoisotopic (exact) mass is 440 g/mol. The van der Waals surface area contributed by atoms with E-state index in [0.29, 0.717) is 13.2 Å². The van der Waals surface area contributed by atoms with Crippen molar-refractivity contribution >= 4 is 29.4 Å². The smallest absolute Gasteiger partial charge is 0.437 e. The first-order chi connectivity index (χ1) is 15.6. The Morgan fingerprint density at radius 3 is 2.28 bits per heavy atom. The zero-order chi connectivity index (χ0) is 22.3. The molecule has 2 aromatic rings. The number of rotatable bonds is 5. The maximum atomic E-state index is 11.5. The van der Waals surface area contributed by atoms with Gasteiger partial charge in [-0.3, -0.25) is 0 Å². The fraction of sp³-hybridized carbons (Fsp3) is 0.429. The van der Waals surface area contributed by atoms with Gasteiger partial charge < -0.3 is 35.6 Å². The van der Waals surface area contributed by atoms with Crippen LogP contribution >= 0.6 is 0 Å². The van der Waals surface area contributed by atoms with E-state index in [1.54, 1.807) is 0 Å². The molecule has 2 aliphatic rings.